The lowest BCUT2D eigenvalue weighted by molar-refractivity contribution is 0.176. The molecule has 2 rings (SSSR count). The van der Waals surface area contributed by atoms with E-state index in [1.807, 2.05) is 30.8 Å². The lowest BCUT2D eigenvalue weighted by Crippen LogP contribution is -2.33. The van der Waals surface area contributed by atoms with Gasteiger partial charge in [0.1, 0.15) is 0 Å². The maximum absolute atomic E-state index is 12.2. The number of carbonyl (C=O) groups excluding carboxylic acids is 1. The van der Waals surface area contributed by atoms with Gasteiger partial charge in [0.15, 0.2) is 0 Å². The first kappa shape index (κ1) is 16.2. The van der Waals surface area contributed by atoms with Gasteiger partial charge in [-0.3, -0.25) is 0 Å². The molecule has 0 unspecified atom stereocenters. The topological polar surface area (TPSA) is 52.6 Å². The molecule has 1 heterocycles. The van der Waals surface area contributed by atoms with Crippen LogP contribution in [-0.2, 0) is 5.75 Å². The van der Waals surface area contributed by atoms with E-state index in [2.05, 4.69) is 25.2 Å². The summed E-state index contributed by atoms with van der Waals surface area (Å²) in [6.45, 7) is 7.46. The molecule has 1 aliphatic rings. The van der Waals surface area contributed by atoms with Gasteiger partial charge in [0, 0.05) is 24.5 Å². The Bertz CT molecular complexity index is 505. The molecule has 0 bridgehead atoms. The van der Waals surface area contributed by atoms with E-state index in [4.69, 9.17) is 0 Å². The molecule has 0 aliphatic carbocycles. The minimum Gasteiger partial charge on any atom is -0.391 e. The molecule has 2 N–H and O–H groups in total. The standard InChI is InChI=1S/C16H24N2O2S/c1-11(2)21-10-13-5-4-6-15(12(13)3)17-16(20)18-8-7-14(19)9-18/h4-6,11,14,19H,7-10H2,1-3H3,(H,17,20)/t14-/m1/s1. The lowest BCUT2D eigenvalue weighted by Gasteiger charge is -2.18. The highest BCUT2D eigenvalue weighted by Gasteiger charge is 2.24. The smallest absolute Gasteiger partial charge is 0.321 e. The molecule has 4 nitrogen and oxygen atoms in total. The van der Waals surface area contributed by atoms with Crippen molar-refractivity contribution in [2.75, 3.05) is 18.4 Å². The van der Waals surface area contributed by atoms with Gasteiger partial charge in [-0.15, -0.1) is 0 Å². The van der Waals surface area contributed by atoms with E-state index >= 15 is 0 Å². The fourth-order valence-electron chi connectivity index (χ4n) is 2.35. The average molecular weight is 308 g/mol. The van der Waals surface area contributed by atoms with Gasteiger partial charge in [-0.25, -0.2) is 4.79 Å². The zero-order valence-electron chi connectivity index (χ0n) is 12.9. The summed E-state index contributed by atoms with van der Waals surface area (Å²) in [6, 6.07) is 5.91. The molecule has 1 atom stereocenters. The molecule has 21 heavy (non-hydrogen) atoms. The Morgan fingerprint density at radius 3 is 2.90 bits per heavy atom. The maximum atomic E-state index is 12.2. The number of hydrogen-bond donors (Lipinski definition) is 2. The summed E-state index contributed by atoms with van der Waals surface area (Å²) in [5, 5.41) is 13.1. The Balaban J connectivity index is 2.02. The number of rotatable bonds is 4. The predicted octanol–water partition coefficient (Wildman–Crippen LogP) is 3.24. The highest BCUT2D eigenvalue weighted by Crippen LogP contribution is 2.25. The lowest BCUT2D eigenvalue weighted by atomic mass is 10.1. The number of hydrogen-bond acceptors (Lipinski definition) is 3. The minimum atomic E-state index is -0.384. The van der Waals surface area contributed by atoms with Crippen LogP contribution in [0.4, 0.5) is 10.5 Å². The first-order valence-electron chi connectivity index (χ1n) is 7.41. The van der Waals surface area contributed by atoms with Gasteiger partial charge >= 0.3 is 6.03 Å². The van der Waals surface area contributed by atoms with E-state index in [1.165, 1.54) is 5.56 Å². The Labute approximate surface area is 130 Å². The van der Waals surface area contributed by atoms with E-state index in [1.54, 1.807) is 4.90 Å². The first-order chi connectivity index (χ1) is 9.97. The summed E-state index contributed by atoms with van der Waals surface area (Å²) in [6.07, 6.45) is 0.280. The number of aliphatic hydroxyl groups excluding tert-OH is 1. The number of aliphatic hydroxyl groups is 1. The molecule has 1 saturated heterocycles. The van der Waals surface area contributed by atoms with Crippen molar-refractivity contribution in [1.29, 1.82) is 0 Å². The fraction of sp³-hybridized carbons (Fsp3) is 0.562. The van der Waals surface area contributed by atoms with Crippen LogP contribution in [0, 0.1) is 6.92 Å². The summed E-state index contributed by atoms with van der Waals surface area (Å²) in [5.41, 5.74) is 3.25. The molecule has 5 heteroatoms. The molecular weight excluding hydrogens is 284 g/mol. The normalized spacial score (nSPS) is 18.3. The largest absolute Gasteiger partial charge is 0.391 e. The number of nitrogens with one attached hydrogen (secondary N) is 1. The minimum absolute atomic E-state index is 0.122. The third kappa shape index (κ3) is 4.38. The third-order valence-electron chi connectivity index (χ3n) is 3.71. The SMILES string of the molecule is Cc1c(CSC(C)C)cccc1NC(=O)N1CC[C@@H](O)C1. The zero-order valence-corrected chi connectivity index (χ0v) is 13.7. The maximum Gasteiger partial charge on any atom is 0.321 e. The highest BCUT2D eigenvalue weighted by atomic mass is 32.2. The van der Waals surface area contributed by atoms with Crippen LogP contribution < -0.4 is 5.32 Å². The van der Waals surface area contributed by atoms with Crippen LogP contribution in [0.25, 0.3) is 0 Å². The van der Waals surface area contributed by atoms with Gasteiger partial charge in [-0.2, -0.15) is 11.8 Å². The van der Waals surface area contributed by atoms with Crippen molar-refractivity contribution in [3.63, 3.8) is 0 Å². The number of amides is 2. The molecule has 0 radical (unpaired) electrons. The monoisotopic (exact) mass is 308 g/mol. The fourth-order valence-corrected chi connectivity index (χ4v) is 3.18. The first-order valence-corrected chi connectivity index (χ1v) is 8.46. The van der Waals surface area contributed by atoms with Crippen LogP contribution in [0.15, 0.2) is 18.2 Å². The highest BCUT2D eigenvalue weighted by molar-refractivity contribution is 7.99. The molecule has 0 spiro atoms. The average Bonchev–Trinajstić information content (AvgIpc) is 2.86. The molecule has 1 aliphatic heterocycles. The second-order valence-electron chi connectivity index (χ2n) is 5.77. The molecule has 0 aromatic heterocycles. The van der Waals surface area contributed by atoms with Gasteiger partial charge in [0.05, 0.1) is 6.10 Å². The molecule has 1 aromatic carbocycles. The van der Waals surface area contributed by atoms with Crippen LogP contribution in [0.3, 0.4) is 0 Å². The van der Waals surface area contributed by atoms with Crippen molar-refractivity contribution in [3.8, 4) is 0 Å². The summed E-state index contributed by atoms with van der Waals surface area (Å²) >= 11 is 1.90. The third-order valence-corrected chi connectivity index (χ3v) is 4.85. The quantitative estimate of drug-likeness (QED) is 0.898. The number of thioether (sulfide) groups is 1. The van der Waals surface area contributed by atoms with Crippen LogP contribution >= 0.6 is 11.8 Å². The summed E-state index contributed by atoms with van der Waals surface area (Å²) in [7, 11) is 0. The van der Waals surface area contributed by atoms with Crippen molar-refractivity contribution in [2.24, 2.45) is 0 Å². The van der Waals surface area contributed by atoms with E-state index in [0.29, 0.717) is 24.8 Å². The number of nitrogens with zero attached hydrogens (tertiary/aromatic N) is 1. The number of benzene rings is 1. The summed E-state index contributed by atoms with van der Waals surface area (Å²) in [5.74, 6) is 0.954. The number of urea groups is 1. The second kappa shape index (κ2) is 7.18. The molecule has 0 saturated carbocycles. The van der Waals surface area contributed by atoms with Crippen molar-refractivity contribution in [1.82, 2.24) is 4.90 Å². The van der Waals surface area contributed by atoms with Crippen LogP contribution in [0.1, 0.15) is 31.4 Å². The number of likely N-dealkylation sites (tertiary alicyclic amines) is 1. The van der Waals surface area contributed by atoms with Gasteiger partial charge < -0.3 is 15.3 Å². The molecule has 2 amide bonds. The molecule has 1 fully saturated rings. The Hall–Kier alpha value is -1.20. The predicted molar refractivity (Wildman–Crippen MR) is 88.8 cm³/mol. The van der Waals surface area contributed by atoms with Gasteiger partial charge in [-0.1, -0.05) is 26.0 Å². The summed E-state index contributed by atoms with van der Waals surface area (Å²) < 4.78 is 0. The van der Waals surface area contributed by atoms with Crippen LogP contribution in [0.5, 0.6) is 0 Å². The summed E-state index contributed by atoms with van der Waals surface area (Å²) in [4.78, 5) is 13.9. The van der Waals surface area contributed by atoms with E-state index in [-0.39, 0.29) is 12.1 Å². The van der Waals surface area contributed by atoms with Gasteiger partial charge in [-0.05, 0) is 35.8 Å². The molecular formula is C16H24N2O2S. The Kier molecular flexibility index (Phi) is 5.53. The Morgan fingerprint density at radius 2 is 2.29 bits per heavy atom. The number of β-amino-alcohol motifs (C(OH)–C–C–N with tert-alkyl or cyclic N) is 1. The zero-order chi connectivity index (χ0) is 15.4. The number of anilines is 1. The van der Waals surface area contributed by atoms with Crippen molar-refractivity contribution in [2.45, 2.75) is 44.3 Å². The second-order valence-corrected chi connectivity index (χ2v) is 7.33. The van der Waals surface area contributed by atoms with E-state index in [0.717, 1.165) is 17.0 Å². The van der Waals surface area contributed by atoms with E-state index in [9.17, 15) is 9.90 Å². The van der Waals surface area contributed by atoms with Gasteiger partial charge in [0.25, 0.3) is 0 Å². The van der Waals surface area contributed by atoms with Crippen LogP contribution in [-0.4, -0.2) is 40.5 Å². The molecule has 116 valence electrons. The van der Waals surface area contributed by atoms with Crippen molar-refractivity contribution in [3.05, 3.63) is 29.3 Å². The number of carbonyl (C=O) groups is 1. The van der Waals surface area contributed by atoms with Crippen LogP contribution in [0.2, 0.25) is 0 Å². The van der Waals surface area contributed by atoms with E-state index < -0.39 is 0 Å². The van der Waals surface area contributed by atoms with Gasteiger partial charge in [0.2, 0.25) is 0 Å². The molecule has 1 aromatic rings. The van der Waals surface area contributed by atoms with Crippen molar-refractivity contribution < 1.29 is 9.90 Å². The van der Waals surface area contributed by atoms with Crippen molar-refractivity contribution >= 4 is 23.5 Å². The Morgan fingerprint density at radius 1 is 1.52 bits per heavy atom.